The zero-order valence-corrected chi connectivity index (χ0v) is 14.3. The van der Waals surface area contributed by atoms with Gasteiger partial charge in [0.1, 0.15) is 5.75 Å². The first-order chi connectivity index (χ1) is 11.7. The summed E-state index contributed by atoms with van der Waals surface area (Å²) >= 11 is 0. The van der Waals surface area contributed by atoms with Crippen molar-refractivity contribution in [2.24, 2.45) is 0 Å². The number of rotatable bonds is 4. The molecule has 0 atom stereocenters. The van der Waals surface area contributed by atoms with Crippen molar-refractivity contribution in [3.8, 4) is 5.75 Å². The molecule has 1 heterocycles. The number of anilines is 1. The lowest BCUT2D eigenvalue weighted by molar-refractivity contribution is 0.0715. The molecule has 24 heavy (non-hydrogen) atoms. The van der Waals surface area contributed by atoms with Crippen molar-refractivity contribution in [3.05, 3.63) is 59.7 Å². The molecule has 1 aliphatic heterocycles. The summed E-state index contributed by atoms with van der Waals surface area (Å²) in [4.78, 5) is 14.6. The molecule has 1 fully saturated rings. The van der Waals surface area contributed by atoms with Crippen LogP contribution in [0.3, 0.4) is 0 Å². The van der Waals surface area contributed by atoms with E-state index in [1.54, 1.807) is 7.11 Å². The number of ether oxygens (including phenoxy) is 1. The fraction of sp³-hybridized carbons (Fsp3) is 0.350. The third-order valence-electron chi connectivity index (χ3n) is 4.51. The van der Waals surface area contributed by atoms with Gasteiger partial charge in [0.2, 0.25) is 0 Å². The minimum Gasteiger partial charge on any atom is -0.496 e. The summed E-state index contributed by atoms with van der Waals surface area (Å²) in [5, 5.41) is 3.58. The van der Waals surface area contributed by atoms with Gasteiger partial charge in [0.05, 0.1) is 12.7 Å². The number of nitrogens with zero attached hydrogens (tertiary/aromatic N) is 1. The molecule has 1 amide bonds. The molecular formula is C20H24N2O2. The molecule has 4 nitrogen and oxygen atoms in total. The number of nitrogens with one attached hydrogen (secondary N) is 1. The summed E-state index contributed by atoms with van der Waals surface area (Å²) in [6.45, 7) is 3.63. The van der Waals surface area contributed by atoms with Crippen LogP contribution in [-0.2, 0) is 0 Å². The van der Waals surface area contributed by atoms with E-state index in [0.29, 0.717) is 17.4 Å². The van der Waals surface area contributed by atoms with Crippen LogP contribution in [0, 0.1) is 6.92 Å². The standard InChI is InChI=1S/C20H24N2O2/c1-15-6-5-7-17(14-15)21-16-10-12-22(13-11-16)20(23)18-8-3-4-9-19(18)24-2/h3-9,14,16,21H,10-13H2,1-2H3. The van der Waals surface area contributed by atoms with E-state index in [0.717, 1.165) is 31.6 Å². The molecule has 0 bridgehead atoms. The molecular weight excluding hydrogens is 300 g/mol. The van der Waals surface area contributed by atoms with E-state index in [2.05, 4.69) is 36.5 Å². The Bertz CT molecular complexity index is 706. The van der Waals surface area contributed by atoms with Gasteiger partial charge in [-0.1, -0.05) is 24.3 Å². The fourth-order valence-electron chi connectivity index (χ4n) is 3.19. The first-order valence-electron chi connectivity index (χ1n) is 8.43. The molecule has 2 aromatic rings. The maximum absolute atomic E-state index is 12.7. The van der Waals surface area contributed by atoms with E-state index in [1.165, 1.54) is 5.56 Å². The quantitative estimate of drug-likeness (QED) is 0.932. The molecule has 1 saturated heterocycles. The third-order valence-corrected chi connectivity index (χ3v) is 4.51. The summed E-state index contributed by atoms with van der Waals surface area (Å²) < 4.78 is 5.31. The molecule has 126 valence electrons. The van der Waals surface area contributed by atoms with Crippen LogP contribution >= 0.6 is 0 Å². The van der Waals surface area contributed by atoms with E-state index >= 15 is 0 Å². The maximum Gasteiger partial charge on any atom is 0.257 e. The molecule has 2 aromatic carbocycles. The van der Waals surface area contributed by atoms with Crippen molar-refractivity contribution in [3.63, 3.8) is 0 Å². The number of aryl methyl sites for hydroxylation is 1. The number of methoxy groups -OCH3 is 1. The number of para-hydroxylation sites is 1. The Kier molecular flexibility index (Phi) is 5.04. The van der Waals surface area contributed by atoms with Gasteiger partial charge in [0, 0.05) is 24.8 Å². The van der Waals surface area contributed by atoms with Crippen LogP contribution < -0.4 is 10.1 Å². The Morgan fingerprint density at radius 3 is 2.58 bits per heavy atom. The first-order valence-corrected chi connectivity index (χ1v) is 8.43. The maximum atomic E-state index is 12.7. The van der Waals surface area contributed by atoms with Gasteiger partial charge in [0.25, 0.3) is 5.91 Å². The second-order valence-corrected chi connectivity index (χ2v) is 6.28. The van der Waals surface area contributed by atoms with Crippen molar-refractivity contribution in [2.75, 3.05) is 25.5 Å². The summed E-state index contributed by atoms with van der Waals surface area (Å²) in [5.74, 6) is 0.698. The zero-order valence-electron chi connectivity index (χ0n) is 14.3. The van der Waals surface area contributed by atoms with Gasteiger partial charge in [-0.15, -0.1) is 0 Å². The van der Waals surface area contributed by atoms with Gasteiger partial charge in [-0.25, -0.2) is 0 Å². The molecule has 1 aliphatic rings. The largest absolute Gasteiger partial charge is 0.496 e. The number of carbonyl (C=O) groups excluding carboxylic acids is 1. The highest BCUT2D eigenvalue weighted by Gasteiger charge is 2.25. The summed E-state index contributed by atoms with van der Waals surface area (Å²) in [6.07, 6.45) is 1.91. The highest BCUT2D eigenvalue weighted by Crippen LogP contribution is 2.23. The average Bonchev–Trinajstić information content (AvgIpc) is 2.62. The number of piperidine rings is 1. The highest BCUT2D eigenvalue weighted by atomic mass is 16.5. The summed E-state index contributed by atoms with van der Waals surface area (Å²) in [7, 11) is 1.60. The fourth-order valence-corrected chi connectivity index (χ4v) is 3.19. The first kappa shape index (κ1) is 16.4. The Morgan fingerprint density at radius 2 is 1.88 bits per heavy atom. The predicted molar refractivity (Wildman–Crippen MR) is 96.7 cm³/mol. The number of hydrogen-bond donors (Lipinski definition) is 1. The lowest BCUT2D eigenvalue weighted by Gasteiger charge is -2.33. The second kappa shape index (κ2) is 7.39. The van der Waals surface area contributed by atoms with Crippen LogP contribution in [-0.4, -0.2) is 37.0 Å². The normalized spacial score (nSPS) is 15.2. The Morgan fingerprint density at radius 1 is 1.12 bits per heavy atom. The van der Waals surface area contributed by atoms with Crippen molar-refractivity contribution in [1.82, 2.24) is 4.90 Å². The van der Waals surface area contributed by atoms with Gasteiger partial charge in [-0.3, -0.25) is 4.79 Å². The van der Waals surface area contributed by atoms with E-state index in [-0.39, 0.29) is 5.91 Å². The monoisotopic (exact) mass is 324 g/mol. The van der Waals surface area contributed by atoms with Gasteiger partial charge < -0.3 is 15.0 Å². The van der Waals surface area contributed by atoms with E-state index < -0.39 is 0 Å². The SMILES string of the molecule is COc1ccccc1C(=O)N1CCC(Nc2cccc(C)c2)CC1. The van der Waals surface area contributed by atoms with Gasteiger partial charge >= 0.3 is 0 Å². The van der Waals surface area contributed by atoms with Crippen LogP contribution in [0.4, 0.5) is 5.69 Å². The van der Waals surface area contributed by atoms with Crippen molar-refractivity contribution < 1.29 is 9.53 Å². The highest BCUT2D eigenvalue weighted by molar-refractivity contribution is 5.97. The lowest BCUT2D eigenvalue weighted by Crippen LogP contribution is -2.42. The lowest BCUT2D eigenvalue weighted by atomic mass is 10.0. The van der Waals surface area contributed by atoms with Crippen LogP contribution in [0.1, 0.15) is 28.8 Å². The molecule has 0 saturated carbocycles. The van der Waals surface area contributed by atoms with E-state index in [4.69, 9.17) is 4.74 Å². The molecule has 0 aromatic heterocycles. The molecule has 0 radical (unpaired) electrons. The second-order valence-electron chi connectivity index (χ2n) is 6.28. The summed E-state index contributed by atoms with van der Waals surface area (Å²) in [6, 6.07) is 16.3. The third kappa shape index (κ3) is 3.70. The Hall–Kier alpha value is -2.49. The molecule has 0 spiro atoms. The van der Waals surface area contributed by atoms with Crippen LogP contribution in [0.2, 0.25) is 0 Å². The molecule has 4 heteroatoms. The van der Waals surface area contributed by atoms with Crippen LogP contribution in [0.5, 0.6) is 5.75 Å². The van der Waals surface area contributed by atoms with Crippen molar-refractivity contribution in [2.45, 2.75) is 25.8 Å². The summed E-state index contributed by atoms with van der Waals surface area (Å²) in [5.41, 5.74) is 3.05. The van der Waals surface area contributed by atoms with E-state index in [9.17, 15) is 4.79 Å². The van der Waals surface area contributed by atoms with Crippen LogP contribution in [0.25, 0.3) is 0 Å². The Balaban J connectivity index is 1.59. The number of likely N-dealkylation sites (tertiary alicyclic amines) is 1. The molecule has 3 rings (SSSR count). The van der Waals surface area contributed by atoms with Gasteiger partial charge in [-0.2, -0.15) is 0 Å². The topological polar surface area (TPSA) is 41.6 Å². The van der Waals surface area contributed by atoms with E-state index in [1.807, 2.05) is 29.2 Å². The van der Waals surface area contributed by atoms with Crippen molar-refractivity contribution >= 4 is 11.6 Å². The minimum atomic E-state index is 0.0569. The number of amides is 1. The smallest absolute Gasteiger partial charge is 0.257 e. The number of carbonyl (C=O) groups is 1. The Labute approximate surface area is 143 Å². The predicted octanol–water partition coefficient (Wildman–Crippen LogP) is 3.72. The van der Waals surface area contributed by atoms with Crippen LogP contribution in [0.15, 0.2) is 48.5 Å². The van der Waals surface area contributed by atoms with Crippen molar-refractivity contribution in [1.29, 1.82) is 0 Å². The van der Waals surface area contributed by atoms with Gasteiger partial charge in [0.15, 0.2) is 0 Å². The zero-order chi connectivity index (χ0) is 16.9. The van der Waals surface area contributed by atoms with Gasteiger partial charge in [-0.05, 0) is 49.6 Å². The molecule has 1 N–H and O–H groups in total. The number of hydrogen-bond acceptors (Lipinski definition) is 3. The minimum absolute atomic E-state index is 0.0569. The molecule has 0 unspecified atom stereocenters. The number of benzene rings is 2. The molecule has 0 aliphatic carbocycles. The average molecular weight is 324 g/mol.